The fourth-order valence-corrected chi connectivity index (χ4v) is 1.81. The first-order valence-electron chi connectivity index (χ1n) is 6.68. The molecule has 21 heavy (non-hydrogen) atoms. The molecule has 1 amide bonds. The van der Waals surface area contributed by atoms with Gasteiger partial charge >= 0.3 is 0 Å². The first kappa shape index (κ1) is 14.8. The van der Waals surface area contributed by atoms with E-state index in [1.807, 2.05) is 31.2 Å². The first-order valence-corrected chi connectivity index (χ1v) is 6.68. The Bertz CT molecular complexity index is 635. The number of anilines is 1. The van der Waals surface area contributed by atoms with Gasteiger partial charge in [-0.2, -0.15) is 0 Å². The van der Waals surface area contributed by atoms with Crippen molar-refractivity contribution in [3.05, 3.63) is 59.7 Å². The molecule has 0 saturated carbocycles. The van der Waals surface area contributed by atoms with E-state index in [0.717, 1.165) is 5.56 Å². The van der Waals surface area contributed by atoms with Gasteiger partial charge < -0.3 is 10.1 Å². The lowest BCUT2D eigenvalue weighted by molar-refractivity contribution is -0.122. The lowest BCUT2D eigenvalue weighted by Crippen LogP contribution is -2.30. The molecule has 108 valence electrons. The maximum absolute atomic E-state index is 12.1. The summed E-state index contributed by atoms with van der Waals surface area (Å²) < 4.78 is 5.55. The van der Waals surface area contributed by atoms with Crippen molar-refractivity contribution < 1.29 is 14.3 Å². The molecule has 2 aromatic carbocycles. The molecule has 2 rings (SSSR count). The minimum Gasteiger partial charge on any atom is -0.480 e. The fraction of sp³-hybridized carbons (Fsp3) is 0.176. The molecule has 0 radical (unpaired) electrons. The van der Waals surface area contributed by atoms with E-state index in [1.165, 1.54) is 0 Å². The summed E-state index contributed by atoms with van der Waals surface area (Å²) in [4.78, 5) is 23.0. The zero-order valence-corrected chi connectivity index (χ0v) is 12.0. The van der Waals surface area contributed by atoms with Crippen molar-refractivity contribution in [1.82, 2.24) is 0 Å². The highest BCUT2D eigenvalue weighted by molar-refractivity contribution is 5.94. The van der Waals surface area contributed by atoms with E-state index in [0.29, 0.717) is 23.3 Å². The minimum absolute atomic E-state index is 0.264. The monoisotopic (exact) mass is 283 g/mol. The van der Waals surface area contributed by atoms with E-state index < -0.39 is 6.10 Å². The number of aryl methyl sites for hydroxylation is 1. The molecule has 4 heteroatoms. The van der Waals surface area contributed by atoms with Crippen LogP contribution in [-0.2, 0) is 4.79 Å². The van der Waals surface area contributed by atoms with Gasteiger partial charge in [-0.05, 0) is 38.1 Å². The summed E-state index contributed by atoms with van der Waals surface area (Å²) in [5, 5.41) is 2.77. The molecule has 2 aromatic rings. The van der Waals surface area contributed by atoms with Crippen molar-refractivity contribution in [3.8, 4) is 5.75 Å². The van der Waals surface area contributed by atoms with Crippen LogP contribution in [0.3, 0.4) is 0 Å². The number of benzene rings is 2. The van der Waals surface area contributed by atoms with Gasteiger partial charge in [-0.25, -0.2) is 0 Å². The van der Waals surface area contributed by atoms with Crippen LogP contribution in [0.15, 0.2) is 48.5 Å². The second-order valence-corrected chi connectivity index (χ2v) is 4.77. The predicted octanol–water partition coefficient (Wildman–Crippen LogP) is 3.21. The number of nitrogens with one attached hydrogen (secondary N) is 1. The molecule has 0 spiro atoms. The second-order valence-electron chi connectivity index (χ2n) is 4.77. The Morgan fingerprint density at radius 2 is 1.81 bits per heavy atom. The fourth-order valence-electron chi connectivity index (χ4n) is 1.81. The molecule has 0 saturated heterocycles. The van der Waals surface area contributed by atoms with Gasteiger partial charge in [-0.15, -0.1) is 0 Å². The number of hydrogen-bond acceptors (Lipinski definition) is 3. The van der Waals surface area contributed by atoms with E-state index in [-0.39, 0.29) is 5.91 Å². The van der Waals surface area contributed by atoms with E-state index in [2.05, 4.69) is 5.32 Å². The van der Waals surface area contributed by atoms with E-state index >= 15 is 0 Å². The molecular formula is C17H17NO3. The van der Waals surface area contributed by atoms with Crippen molar-refractivity contribution in [2.24, 2.45) is 0 Å². The average molecular weight is 283 g/mol. The molecule has 0 aliphatic carbocycles. The smallest absolute Gasteiger partial charge is 0.265 e. The highest BCUT2D eigenvalue weighted by Gasteiger charge is 2.16. The number of rotatable bonds is 5. The van der Waals surface area contributed by atoms with Gasteiger partial charge in [0, 0.05) is 5.69 Å². The van der Waals surface area contributed by atoms with Crippen LogP contribution in [0.4, 0.5) is 5.69 Å². The van der Waals surface area contributed by atoms with Crippen LogP contribution >= 0.6 is 0 Å². The Morgan fingerprint density at radius 1 is 1.14 bits per heavy atom. The summed E-state index contributed by atoms with van der Waals surface area (Å²) in [5.74, 6) is 0.138. The Morgan fingerprint density at radius 3 is 2.48 bits per heavy atom. The average Bonchev–Trinajstić information content (AvgIpc) is 2.50. The van der Waals surface area contributed by atoms with Gasteiger partial charge in [0.15, 0.2) is 12.4 Å². The summed E-state index contributed by atoms with van der Waals surface area (Å²) in [7, 11) is 0. The highest BCUT2D eigenvalue weighted by Crippen LogP contribution is 2.18. The van der Waals surface area contributed by atoms with Crippen LogP contribution in [0.2, 0.25) is 0 Å². The molecule has 0 fully saturated rings. The first-order chi connectivity index (χ1) is 10.1. The van der Waals surface area contributed by atoms with Gasteiger partial charge in [-0.1, -0.05) is 29.8 Å². The maximum Gasteiger partial charge on any atom is 0.265 e. The summed E-state index contributed by atoms with van der Waals surface area (Å²) in [6.45, 7) is 3.62. The Labute approximate surface area is 123 Å². The van der Waals surface area contributed by atoms with E-state index in [4.69, 9.17) is 4.74 Å². The Kier molecular flexibility index (Phi) is 4.72. The van der Waals surface area contributed by atoms with Crippen molar-refractivity contribution in [3.63, 3.8) is 0 Å². The summed E-state index contributed by atoms with van der Waals surface area (Å²) >= 11 is 0. The number of aldehydes is 1. The molecule has 0 aliphatic rings. The number of carbonyl (C=O) groups is 2. The molecule has 0 bridgehead atoms. The number of hydrogen-bond donors (Lipinski definition) is 1. The van der Waals surface area contributed by atoms with Crippen LogP contribution in [0.5, 0.6) is 5.75 Å². The molecule has 0 aliphatic heterocycles. The van der Waals surface area contributed by atoms with Crippen LogP contribution < -0.4 is 10.1 Å². The van der Waals surface area contributed by atoms with Crippen LogP contribution in [0.1, 0.15) is 22.8 Å². The largest absolute Gasteiger partial charge is 0.480 e. The van der Waals surface area contributed by atoms with Crippen molar-refractivity contribution >= 4 is 17.9 Å². The van der Waals surface area contributed by atoms with Crippen LogP contribution in [0.25, 0.3) is 0 Å². The third-order valence-electron chi connectivity index (χ3n) is 3.04. The number of para-hydroxylation sites is 1. The third-order valence-corrected chi connectivity index (χ3v) is 3.04. The van der Waals surface area contributed by atoms with Crippen LogP contribution in [-0.4, -0.2) is 18.3 Å². The minimum atomic E-state index is -0.701. The topological polar surface area (TPSA) is 55.4 Å². The molecule has 1 N–H and O–H groups in total. The zero-order valence-electron chi connectivity index (χ0n) is 12.0. The molecule has 0 aromatic heterocycles. The van der Waals surface area contributed by atoms with Gasteiger partial charge in [-0.3, -0.25) is 9.59 Å². The number of amides is 1. The van der Waals surface area contributed by atoms with Gasteiger partial charge in [0.2, 0.25) is 0 Å². The summed E-state index contributed by atoms with van der Waals surface area (Å²) in [6.07, 6.45) is 0.00679. The maximum atomic E-state index is 12.1. The Hall–Kier alpha value is -2.62. The molecule has 0 heterocycles. The normalized spacial score (nSPS) is 11.5. The quantitative estimate of drug-likeness (QED) is 0.857. The molecular weight excluding hydrogens is 266 g/mol. The van der Waals surface area contributed by atoms with Gasteiger partial charge in [0.25, 0.3) is 5.91 Å². The number of carbonyl (C=O) groups excluding carboxylic acids is 2. The lowest BCUT2D eigenvalue weighted by atomic mass is 10.2. The number of ether oxygens (including phenoxy) is 1. The lowest BCUT2D eigenvalue weighted by Gasteiger charge is -2.15. The predicted molar refractivity (Wildman–Crippen MR) is 81.7 cm³/mol. The van der Waals surface area contributed by atoms with E-state index in [9.17, 15) is 9.59 Å². The zero-order chi connectivity index (χ0) is 15.2. The van der Waals surface area contributed by atoms with Crippen molar-refractivity contribution in [2.45, 2.75) is 20.0 Å². The van der Waals surface area contributed by atoms with Crippen molar-refractivity contribution in [1.29, 1.82) is 0 Å². The molecule has 4 nitrogen and oxygen atoms in total. The Balaban J connectivity index is 2.02. The summed E-state index contributed by atoms with van der Waals surface area (Å²) in [5.41, 5.74) is 2.26. The molecule has 1 atom stereocenters. The standard InChI is InChI=1S/C17H17NO3/c1-12-7-9-15(10-8-12)18-17(20)13(2)21-16-6-4-3-5-14(16)11-19/h3-11,13H,1-2H3,(H,18,20)/t13-/m0/s1. The van der Waals surface area contributed by atoms with Gasteiger partial charge in [0.05, 0.1) is 5.56 Å². The highest BCUT2D eigenvalue weighted by atomic mass is 16.5. The summed E-state index contributed by atoms with van der Waals surface area (Å²) in [6, 6.07) is 14.3. The second kappa shape index (κ2) is 6.70. The van der Waals surface area contributed by atoms with Crippen molar-refractivity contribution in [2.75, 3.05) is 5.32 Å². The van der Waals surface area contributed by atoms with E-state index in [1.54, 1.807) is 31.2 Å². The SMILES string of the molecule is Cc1ccc(NC(=O)[C@H](C)Oc2ccccc2C=O)cc1. The molecule has 0 unspecified atom stereocenters. The van der Waals surface area contributed by atoms with Crippen LogP contribution in [0, 0.1) is 6.92 Å². The third kappa shape index (κ3) is 3.92. The van der Waals surface area contributed by atoms with Gasteiger partial charge in [0.1, 0.15) is 5.75 Å².